The molecule has 1 fully saturated rings. The molecule has 0 amide bonds. The Morgan fingerprint density at radius 1 is 0.710 bits per heavy atom. The van der Waals surface area contributed by atoms with E-state index in [1.165, 1.54) is 126 Å². The quantitative estimate of drug-likeness (QED) is 0.264. The highest BCUT2D eigenvalue weighted by Crippen LogP contribution is 2.53. The van der Waals surface area contributed by atoms with Crippen LogP contribution in [0.15, 0.2) is 159 Å². The molecule has 0 aromatic heterocycles. The van der Waals surface area contributed by atoms with E-state index < -0.39 is 0 Å². The molecule has 8 aliphatic carbocycles. The summed E-state index contributed by atoms with van der Waals surface area (Å²) < 4.78 is 0. The molecule has 0 radical (unpaired) electrons. The van der Waals surface area contributed by atoms with E-state index in [0.717, 1.165) is 31.2 Å². The van der Waals surface area contributed by atoms with Crippen molar-refractivity contribution >= 4 is 17.4 Å². The van der Waals surface area contributed by atoms with Gasteiger partial charge in [-0.05, 0) is 231 Å². The predicted molar refractivity (Wildman–Crippen MR) is 263 cm³/mol. The minimum atomic E-state index is 0.551. The first kappa shape index (κ1) is 40.3. The molecule has 1 heteroatoms. The molecular weight excluding hydrogens is 747 g/mol. The van der Waals surface area contributed by atoms with Crippen LogP contribution in [-0.2, 0) is 12.8 Å². The molecule has 1 nitrogen and oxygen atoms in total. The highest BCUT2D eigenvalue weighted by atomic mass is 14.7. The minimum Gasteiger partial charge on any atom is -0.293 e. The number of hydrogen-bond donors (Lipinski definition) is 0. The molecule has 0 bridgehead atoms. The van der Waals surface area contributed by atoms with Crippen molar-refractivity contribution in [3.05, 3.63) is 176 Å². The second-order valence-corrected chi connectivity index (χ2v) is 20.8. The number of benzene rings is 2. The third-order valence-electron chi connectivity index (χ3n) is 17.4. The molecule has 0 saturated heterocycles. The van der Waals surface area contributed by atoms with Crippen molar-refractivity contribution in [1.82, 2.24) is 0 Å². The van der Waals surface area contributed by atoms with E-state index in [9.17, 15) is 0 Å². The van der Waals surface area contributed by atoms with Crippen molar-refractivity contribution in [1.29, 1.82) is 0 Å². The van der Waals surface area contributed by atoms with Gasteiger partial charge in [0, 0.05) is 12.8 Å². The molecule has 11 rings (SSSR count). The van der Waals surface area contributed by atoms with Crippen LogP contribution in [0.1, 0.15) is 138 Å². The van der Waals surface area contributed by atoms with Gasteiger partial charge in [0.15, 0.2) is 0 Å². The summed E-state index contributed by atoms with van der Waals surface area (Å²) in [6.07, 6.45) is 50.4. The summed E-state index contributed by atoms with van der Waals surface area (Å²) in [5.41, 5.74) is 23.1. The van der Waals surface area contributed by atoms with E-state index >= 15 is 0 Å². The van der Waals surface area contributed by atoms with E-state index in [1.807, 2.05) is 5.57 Å². The van der Waals surface area contributed by atoms with Crippen LogP contribution in [0.4, 0.5) is 0 Å². The van der Waals surface area contributed by atoms with Gasteiger partial charge in [-0.15, -0.1) is 0 Å². The monoisotopic (exact) mass is 816 g/mol. The highest BCUT2D eigenvalue weighted by molar-refractivity contribution is 5.77. The molecule has 62 heavy (non-hydrogen) atoms. The van der Waals surface area contributed by atoms with Crippen LogP contribution < -0.4 is 0 Å². The molecule has 1 aliphatic heterocycles. The van der Waals surface area contributed by atoms with Gasteiger partial charge in [0.05, 0.1) is 0 Å². The van der Waals surface area contributed by atoms with Gasteiger partial charge in [-0.3, -0.25) is 4.99 Å². The zero-order valence-corrected chi connectivity index (χ0v) is 37.6. The summed E-state index contributed by atoms with van der Waals surface area (Å²) in [4.78, 5) is 4.61. The number of rotatable bonds is 7. The largest absolute Gasteiger partial charge is 0.293 e. The summed E-state index contributed by atoms with van der Waals surface area (Å²) in [6, 6.07) is 19.2. The second kappa shape index (κ2) is 17.9. The third-order valence-corrected chi connectivity index (χ3v) is 17.4. The van der Waals surface area contributed by atoms with E-state index in [4.69, 9.17) is 0 Å². The van der Waals surface area contributed by atoms with Crippen molar-refractivity contribution in [2.75, 3.05) is 6.54 Å². The number of allylic oxidation sites excluding steroid dienone is 19. The molecule has 2 aromatic rings. The predicted octanol–water partition coefficient (Wildman–Crippen LogP) is 15.8. The minimum absolute atomic E-state index is 0.551. The van der Waals surface area contributed by atoms with Crippen LogP contribution >= 0.6 is 0 Å². The van der Waals surface area contributed by atoms with Crippen LogP contribution in [0.5, 0.6) is 0 Å². The molecule has 1 saturated carbocycles. The van der Waals surface area contributed by atoms with Crippen molar-refractivity contribution < 1.29 is 0 Å². The van der Waals surface area contributed by atoms with Gasteiger partial charge in [0.2, 0.25) is 0 Å². The van der Waals surface area contributed by atoms with Gasteiger partial charge >= 0.3 is 0 Å². The first-order valence-electron chi connectivity index (χ1n) is 25.3. The fourth-order valence-corrected chi connectivity index (χ4v) is 14.2. The van der Waals surface area contributed by atoms with Gasteiger partial charge in [-0.1, -0.05) is 127 Å². The second-order valence-electron chi connectivity index (χ2n) is 20.8. The van der Waals surface area contributed by atoms with Gasteiger partial charge in [0.25, 0.3) is 0 Å². The first-order chi connectivity index (χ1) is 30.6. The lowest BCUT2D eigenvalue weighted by Gasteiger charge is -2.44. The van der Waals surface area contributed by atoms with E-state index in [2.05, 4.69) is 127 Å². The average molecular weight is 816 g/mol. The molecule has 318 valence electrons. The summed E-state index contributed by atoms with van der Waals surface area (Å²) >= 11 is 0. The summed E-state index contributed by atoms with van der Waals surface area (Å²) in [6.45, 7) is 3.62. The molecule has 1 heterocycles. The topological polar surface area (TPSA) is 12.4 Å². The lowest BCUT2D eigenvalue weighted by Crippen LogP contribution is -2.35. The molecule has 7 atom stereocenters. The maximum Gasteiger partial charge on any atom is 0.0426 e. The van der Waals surface area contributed by atoms with E-state index in [0.29, 0.717) is 29.6 Å². The fourth-order valence-electron chi connectivity index (χ4n) is 14.2. The first-order valence-corrected chi connectivity index (χ1v) is 25.3. The lowest BCUT2D eigenvalue weighted by molar-refractivity contribution is 0.113. The Morgan fingerprint density at radius 2 is 1.61 bits per heavy atom. The molecular formula is C61H69N. The van der Waals surface area contributed by atoms with Gasteiger partial charge < -0.3 is 0 Å². The van der Waals surface area contributed by atoms with Crippen molar-refractivity contribution in [3.8, 4) is 0 Å². The Kier molecular flexibility index (Phi) is 11.7. The molecule has 9 aliphatic rings. The van der Waals surface area contributed by atoms with Crippen molar-refractivity contribution in [3.63, 3.8) is 0 Å². The van der Waals surface area contributed by atoms with E-state index in [1.54, 1.807) is 55.7 Å². The van der Waals surface area contributed by atoms with Gasteiger partial charge in [0.1, 0.15) is 0 Å². The average Bonchev–Trinajstić information content (AvgIpc) is 3.58. The van der Waals surface area contributed by atoms with Gasteiger partial charge in [-0.25, -0.2) is 0 Å². The Morgan fingerprint density at radius 3 is 2.50 bits per heavy atom. The standard InChI is InChI=1S/C61H69N/c1-41-59(54-36-52(44-16-6-3-7-17-44)35-53(37-54)45-29-31-62-32-30-45)40-50-18-8-9-20-55(50)58-28-27-49(38-60(41)58)48-25-23-46-24-26-51(56-21-10-11-22-57(56)61(46)39-48)34-42-13-12-19-47(33-42)43-14-4-2-5-15-43/h2-4,6-9,12-14,16,18-20,29,31,33,38-39,41,44,51-54,59H,5,10-11,15,17,21-28,30,32,34-37,40H2,1H3/t41-,44?,51?,52?,53?,54?,59?/m0/s1. The van der Waals surface area contributed by atoms with Crippen LogP contribution in [-0.4, -0.2) is 12.8 Å². The number of nitrogens with zero attached hydrogens (tertiary/aromatic N) is 1. The van der Waals surface area contributed by atoms with Crippen LogP contribution in [0, 0.1) is 41.4 Å². The number of fused-ring (bicyclic) bond motifs is 3. The smallest absolute Gasteiger partial charge is 0.0426 e. The molecule has 0 spiro atoms. The highest BCUT2D eigenvalue weighted by Gasteiger charge is 2.42. The Bertz CT molecular complexity index is 2420. The maximum absolute atomic E-state index is 4.61. The summed E-state index contributed by atoms with van der Waals surface area (Å²) in [7, 11) is 0. The number of dihydropyridines is 1. The Hall–Kier alpha value is -4.49. The molecule has 0 N–H and O–H groups in total. The normalized spacial score (nSPS) is 30.9. The van der Waals surface area contributed by atoms with Crippen molar-refractivity contribution in [2.24, 2.45) is 46.4 Å². The number of hydrogen-bond acceptors (Lipinski definition) is 1. The SMILES string of the molecule is C[C@@H]1C2=C(CCC(C3=CC4=C(CC3)CCC(Cc3cccc(C5=CC=CCC5)c3)C3=C4CCCC3)=C2)c2ccccc2CC1C1CC(C2=CC=NCC2)CC(C2C=CC=CC2)C1. The van der Waals surface area contributed by atoms with E-state index in [-0.39, 0.29) is 0 Å². The summed E-state index contributed by atoms with van der Waals surface area (Å²) in [5.74, 6) is 4.73. The zero-order valence-electron chi connectivity index (χ0n) is 37.6. The Balaban J connectivity index is 0.904. The fraction of sp³-hybridized carbons (Fsp3) is 0.459. The Labute approximate surface area is 373 Å². The summed E-state index contributed by atoms with van der Waals surface area (Å²) in [5, 5.41) is 0. The third kappa shape index (κ3) is 8.12. The molecule has 2 aromatic carbocycles. The van der Waals surface area contributed by atoms with Crippen LogP contribution in [0.2, 0.25) is 0 Å². The molecule has 6 unspecified atom stereocenters. The zero-order chi connectivity index (χ0) is 41.4. The van der Waals surface area contributed by atoms with Crippen LogP contribution in [0.3, 0.4) is 0 Å². The number of aliphatic imine (C=N–C) groups is 1. The van der Waals surface area contributed by atoms with Crippen LogP contribution in [0.25, 0.3) is 11.1 Å². The lowest BCUT2D eigenvalue weighted by atomic mass is 9.61. The van der Waals surface area contributed by atoms with Crippen molar-refractivity contribution in [2.45, 2.75) is 129 Å². The maximum atomic E-state index is 4.61. The van der Waals surface area contributed by atoms with Gasteiger partial charge in [-0.2, -0.15) is 0 Å².